The van der Waals surface area contributed by atoms with Crippen molar-refractivity contribution in [3.8, 4) is 11.3 Å². The largest absolute Gasteiger partial charge is 0.368 e. The molecule has 1 N–H and O–H groups in total. The number of nitrogens with zero attached hydrogens (tertiary/aromatic N) is 3. The second-order valence-corrected chi connectivity index (χ2v) is 3.26. The molecule has 0 aliphatic rings. The van der Waals surface area contributed by atoms with Crippen LogP contribution in [0.15, 0.2) is 24.5 Å². The lowest BCUT2D eigenvalue weighted by Gasteiger charge is -2.00. The SMILES string of the molecule is CCNc1nsnc1-c1ccncc1. The van der Waals surface area contributed by atoms with Crippen LogP contribution in [0.1, 0.15) is 6.92 Å². The van der Waals surface area contributed by atoms with Crippen molar-refractivity contribution < 1.29 is 0 Å². The zero-order valence-electron chi connectivity index (χ0n) is 7.77. The van der Waals surface area contributed by atoms with Crippen molar-refractivity contribution in [2.24, 2.45) is 0 Å². The molecule has 14 heavy (non-hydrogen) atoms. The van der Waals surface area contributed by atoms with Crippen molar-refractivity contribution in [2.75, 3.05) is 11.9 Å². The van der Waals surface area contributed by atoms with Crippen molar-refractivity contribution in [1.82, 2.24) is 13.7 Å². The molecule has 0 aromatic carbocycles. The lowest BCUT2D eigenvalue weighted by Crippen LogP contribution is -1.98. The number of aromatic nitrogens is 3. The van der Waals surface area contributed by atoms with Gasteiger partial charge in [-0.3, -0.25) is 4.98 Å². The minimum atomic E-state index is 0.851. The second-order valence-electron chi connectivity index (χ2n) is 2.73. The molecule has 72 valence electrons. The standard InChI is InChI=1S/C9H10N4S/c1-2-11-9-8(12-14-13-9)7-3-5-10-6-4-7/h3-6H,2H2,1H3,(H,11,13). The predicted octanol–water partition coefficient (Wildman–Crippen LogP) is 2.03. The Kier molecular flexibility index (Phi) is 2.69. The van der Waals surface area contributed by atoms with E-state index in [0.717, 1.165) is 23.6 Å². The van der Waals surface area contributed by atoms with Gasteiger partial charge in [-0.05, 0) is 19.1 Å². The van der Waals surface area contributed by atoms with E-state index in [1.807, 2.05) is 19.1 Å². The number of rotatable bonds is 3. The van der Waals surface area contributed by atoms with Crippen LogP contribution in [0, 0.1) is 0 Å². The third kappa shape index (κ3) is 1.72. The van der Waals surface area contributed by atoms with Gasteiger partial charge in [0.25, 0.3) is 0 Å². The van der Waals surface area contributed by atoms with E-state index >= 15 is 0 Å². The van der Waals surface area contributed by atoms with E-state index in [4.69, 9.17) is 0 Å². The van der Waals surface area contributed by atoms with Gasteiger partial charge in [0.15, 0.2) is 5.82 Å². The average Bonchev–Trinajstić information content (AvgIpc) is 2.68. The van der Waals surface area contributed by atoms with Crippen LogP contribution in [0.25, 0.3) is 11.3 Å². The van der Waals surface area contributed by atoms with Gasteiger partial charge in [0, 0.05) is 24.5 Å². The quantitative estimate of drug-likeness (QED) is 0.834. The fourth-order valence-electron chi connectivity index (χ4n) is 1.17. The summed E-state index contributed by atoms with van der Waals surface area (Å²) in [6, 6.07) is 3.86. The van der Waals surface area contributed by atoms with Gasteiger partial charge in [0.05, 0.1) is 11.7 Å². The second kappa shape index (κ2) is 4.15. The molecule has 2 rings (SSSR count). The van der Waals surface area contributed by atoms with Gasteiger partial charge in [-0.15, -0.1) is 0 Å². The maximum absolute atomic E-state index is 4.25. The van der Waals surface area contributed by atoms with Crippen molar-refractivity contribution in [1.29, 1.82) is 0 Å². The Balaban J connectivity index is 2.37. The molecule has 0 fully saturated rings. The first-order valence-electron chi connectivity index (χ1n) is 4.38. The molecular weight excluding hydrogens is 196 g/mol. The number of nitrogens with one attached hydrogen (secondary N) is 1. The molecule has 0 radical (unpaired) electrons. The maximum Gasteiger partial charge on any atom is 0.168 e. The van der Waals surface area contributed by atoms with E-state index in [2.05, 4.69) is 19.0 Å². The summed E-state index contributed by atoms with van der Waals surface area (Å²) in [6.07, 6.45) is 3.51. The van der Waals surface area contributed by atoms with E-state index in [1.165, 1.54) is 11.7 Å². The Morgan fingerprint density at radius 1 is 1.29 bits per heavy atom. The maximum atomic E-state index is 4.25. The fourth-order valence-corrected chi connectivity index (χ4v) is 1.72. The van der Waals surface area contributed by atoms with Crippen LogP contribution < -0.4 is 5.32 Å². The van der Waals surface area contributed by atoms with Crippen LogP contribution >= 0.6 is 11.7 Å². The van der Waals surface area contributed by atoms with Gasteiger partial charge in [-0.25, -0.2) is 0 Å². The van der Waals surface area contributed by atoms with Crippen LogP contribution in [0.4, 0.5) is 5.82 Å². The van der Waals surface area contributed by atoms with Gasteiger partial charge < -0.3 is 5.32 Å². The van der Waals surface area contributed by atoms with Gasteiger partial charge >= 0.3 is 0 Å². The van der Waals surface area contributed by atoms with E-state index in [-0.39, 0.29) is 0 Å². The van der Waals surface area contributed by atoms with Crippen LogP contribution in [0.2, 0.25) is 0 Å². The summed E-state index contributed by atoms with van der Waals surface area (Å²) >= 11 is 1.22. The highest BCUT2D eigenvalue weighted by atomic mass is 32.1. The minimum absolute atomic E-state index is 0.851. The normalized spacial score (nSPS) is 10.1. The molecule has 0 unspecified atom stereocenters. The van der Waals surface area contributed by atoms with E-state index in [9.17, 15) is 0 Å². The van der Waals surface area contributed by atoms with Gasteiger partial charge in [-0.2, -0.15) is 8.75 Å². The summed E-state index contributed by atoms with van der Waals surface area (Å²) in [5.74, 6) is 0.851. The first-order chi connectivity index (χ1) is 6.92. The van der Waals surface area contributed by atoms with Gasteiger partial charge in [-0.1, -0.05) is 0 Å². The molecule has 0 aliphatic carbocycles. The Hall–Kier alpha value is -1.49. The fraction of sp³-hybridized carbons (Fsp3) is 0.222. The van der Waals surface area contributed by atoms with Gasteiger partial charge in [0.1, 0.15) is 5.69 Å². The molecule has 5 heteroatoms. The lowest BCUT2D eigenvalue weighted by molar-refractivity contribution is 1.19. The number of pyridine rings is 1. The molecule has 0 saturated carbocycles. The van der Waals surface area contributed by atoms with E-state index in [0.29, 0.717) is 0 Å². The zero-order valence-corrected chi connectivity index (χ0v) is 8.58. The molecule has 0 spiro atoms. The molecule has 0 atom stereocenters. The lowest BCUT2D eigenvalue weighted by atomic mass is 10.2. The molecule has 0 aliphatic heterocycles. The average molecular weight is 206 g/mol. The highest BCUT2D eigenvalue weighted by Gasteiger charge is 2.08. The van der Waals surface area contributed by atoms with Crippen LogP contribution in [0.3, 0.4) is 0 Å². The van der Waals surface area contributed by atoms with Crippen LogP contribution in [-0.2, 0) is 0 Å². The van der Waals surface area contributed by atoms with Crippen LogP contribution in [0.5, 0.6) is 0 Å². The Bertz CT molecular complexity index is 398. The summed E-state index contributed by atoms with van der Waals surface area (Å²) in [6.45, 7) is 2.89. The van der Waals surface area contributed by atoms with Crippen molar-refractivity contribution in [2.45, 2.75) is 6.92 Å². The summed E-state index contributed by atoms with van der Waals surface area (Å²) in [5, 5.41) is 3.17. The molecule has 2 aromatic heterocycles. The molecule has 4 nitrogen and oxygen atoms in total. The van der Waals surface area contributed by atoms with Crippen molar-refractivity contribution in [3.05, 3.63) is 24.5 Å². The Morgan fingerprint density at radius 3 is 2.79 bits per heavy atom. The molecule has 0 saturated heterocycles. The van der Waals surface area contributed by atoms with Gasteiger partial charge in [0.2, 0.25) is 0 Å². The Labute approximate surface area is 86.3 Å². The third-order valence-electron chi connectivity index (χ3n) is 1.79. The summed E-state index contributed by atoms with van der Waals surface area (Å²) in [5.41, 5.74) is 1.95. The molecule has 0 amide bonds. The van der Waals surface area contributed by atoms with Crippen molar-refractivity contribution in [3.63, 3.8) is 0 Å². The van der Waals surface area contributed by atoms with Crippen molar-refractivity contribution >= 4 is 17.5 Å². The minimum Gasteiger partial charge on any atom is -0.368 e. The van der Waals surface area contributed by atoms with E-state index in [1.54, 1.807) is 12.4 Å². The third-order valence-corrected chi connectivity index (χ3v) is 2.31. The number of anilines is 1. The smallest absolute Gasteiger partial charge is 0.168 e. The molecule has 0 bridgehead atoms. The first-order valence-corrected chi connectivity index (χ1v) is 5.11. The predicted molar refractivity (Wildman–Crippen MR) is 57.3 cm³/mol. The summed E-state index contributed by atoms with van der Waals surface area (Å²) < 4.78 is 8.43. The topological polar surface area (TPSA) is 50.7 Å². The molecule has 2 heterocycles. The Morgan fingerprint density at radius 2 is 2.07 bits per heavy atom. The first kappa shape index (κ1) is 9.08. The highest BCUT2D eigenvalue weighted by Crippen LogP contribution is 2.24. The monoisotopic (exact) mass is 206 g/mol. The van der Waals surface area contributed by atoms with E-state index < -0.39 is 0 Å². The summed E-state index contributed by atoms with van der Waals surface area (Å²) in [4.78, 5) is 3.97. The summed E-state index contributed by atoms with van der Waals surface area (Å²) in [7, 11) is 0. The molecular formula is C9H10N4S. The highest BCUT2D eigenvalue weighted by molar-refractivity contribution is 6.99. The zero-order chi connectivity index (χ0) is 9.80. The number of hydrogen-bond acceptors (Lipinski definition) is 5. The van der Waals surface area contributed by atoms with Crippen LogP contribution in [-0.4, -0.2) is 20.3 Å². The molecule has 2 aromatic rings. The number of hydrogen-bond donors (Lipinski definition) is 1.